The van der Waals surface area contributed by atoms with E-state index in [0.29, 0.717) is 0 Å². The Balaban J connectivity index is 1.13. The molecule has 0 radical (unpaired) electrons. The summed E-state index contributed by atoms with van der Waals surface area (Å²) in [5.74, 6) is 0. The van der Waals surface area contributed by atoms with Gasteiger partial charge < -0.3 is 9.13 Å². The summed E-state index contributed by atoms with van der Waals surface area (Å²) >= 11 is 0. The highest BCUT2D eigenvalue weighted by Crippen LogP contribution is 2.45. The molecule has 2 aromatic heterocycles. The highest BCUT2D eigenvalue weighted by atomic mass is 15.0. The maximum Gasteiger partial charge on any atom is 0.0547 e. The van der Waals surface area contributed by atoms with Crippen molar-refractivity contribution in [2.24, 2.45) is 0 Å². The second-order valence-electron chi connectivity index (χ2n) is 14.8. The normalized spacial score (nSPS) is 11.9. The molecule has 12 rings (SSSR count). The molecule has 0 aliphatic heterocycles. The molecule has 2 nitrogen and oxygen atoms in total. The van der Waals surface area contributed by atoms with Crippen LogP contribution in [-0.4, -0.2) is 9.13 Å². The summed E-state index contributed by atoms with van der Waals surface area (Å²) in [7, 11) is 0. The fraction of sp³-hybridized carbons (Fsp3) is 0. The summed E-state index contributed by atoms with van der Waals surface area (Å²) in [6.07, 6.45) is 0. The quantitative estimate of drug-likeness (QED) is 0.161. The van der Waals surface area contributed by atoms with E-state index in [0.717, 1.165) is 0 Å². The highest BCUT2D eigenvalue weighted by Gasteiger charge is 2.20. The highest BCUT2D eigenvalue weighted by molar-refractivity contribution is 6.31. The molecule has 260 valence electrons. The van der Waals surface area contributed by atoms with Crippen molar-refractivity contribution in [2.75, 3.05) is 0 Å². The summed E-state index contributed by atoms with van der Waals surface area (Å²) in [5.41, 5.74) is 12.1. The molecule has 2 heteroatoms. The van der Waals surface area contributed by atoms with E-state index in [-0.39, 0.29) is 0 Å². The number of hydrogen-bond donors (Lipinski definition) is 0. The predicted octanol–water partition coefficient (Wildman–Crippen LogP) is 14.7. The van der Waals surface area contributed by atoms with E-state index in [1.54, 1.807) is 0 Å². The molecule has 10 aromatic carbocycles. The van der Waals surface area contributed by atoms with Crippen molar-refractivity contribution in [2.45, 2.75) is 0 Å². The molecule has 0 bridgehead atoms. The molecule has 0 amide bonds. The molecule has 0 unspecified atom stereocenters. The Morgan fingerprint density at radius 1 is 0.250 bits per heavy atom. The first kappa shape index (κ1) is 31.0. The molecule has 12 aromatic rings. The zero-order valence-corrected chi connectivity index (χ0v) is 30.5. The lowest BCUT2D eigenvalue weighted by Gasteiger charge is -2.18. The van der Waals surface area contributed by atoms with E-state index in [1.807, 2.05) is 0 Å². The van der Waals surface area contributed by atoms with E-state index in [4.69, 9.17) is 0 Å². The van der Waals surface area contributed by atoms with E-state index in [9.17, 15) is 0 Å². The first-order valence-electron chi connectivity index (χ1n) is 19.4. The minimum Gasteiger partial charge on any atom is -0.309 e. The van der Waals surface area contributed by atoms with E-state index in [2.05, 4.69) is 215 Å². The average Bonchev–Trinajstić information content (AvgIpc) is 3.79. The molecule has 0 spiro atoms. The van der Waals surface area contributed by atoms with E-state index >= 15 is 0 Å². The van der Waals surface area contributed by atoms with Crippen LogP contribution in [0.4, 0.5) is 0 Å². The average molecular weight is 711 g/mol. The van der Waals surface area contributed by atoms with Crippen LogP contribution in [0.25, 0.3) is 110 Å². The summed E-state index contributed by atoms with van der Waals surface area (Å²) < 4.78 is 4.88. The van der Waals surface area contributed by atoms with Crippen LogP contribution in [0.3, 0.4) is 0 Å². The summed E-state index contributed by atoms with van der Waals surface area (Å²) in [6, 6.07) is 75.7. The summed E-state index contributed by atoms with van der Waals surface area (Å²) in [5, 5.41) is 12.7. The Labute approximate surface area is 323 Å². The lowest BCUT2D eigenvalue weighted by molar-refractivity contribution is 1.18. The van der Waals surface area contributed by atoms with Crippen LogP contribution in [0.5, 0.6) is 0 Å². The second-order valence-corrected chi connectivity index (χ2v) is 14.8. The number of para-hydroxylation sites is 3. The molecule has 2 heterocycles. The smallest absolute Gasteiger partial charge is 0.0547 e. The monoisotopic (exact) mass is 710 g/mol. The molecule has 0 atom stereocenters. The first-order valence-corrected chi connectivity index (χ1v) is 19.4. The fourth-order valence-electron chi connectivity index (χ4n) is 9.49. The number of benzene rings is 10. The third-order valence-corrected chi connectivity index (χ3v) is 11.9. The lowest BCUT2D eigenvalue weighted by atomic mass is 9.88. The van der Waals surface area contributed by atoms with Crippen LogP contribution in [0.1, 0.15) is 0 Å². The van der Waals surface area contributed by atoms with Crippen LogP contribution in [0.15, 0.2) is 206 Å². The van der Waals surface area contributed by atoms with Crippen molar-refractivity contribution in [3.63, 3.8) is 0 Å². The van der Waals surface area contributed by atoms with Crippen LogP contribution in [-0.2, 0) is 0 Å². The van der Waals surface area contributed by atoms with Crippen LogP contribution in [0, 0.1) is 0 Å². The predicted molar refractivity (Wildman–Crippen MR) is 239 cm³/mol. The van der Waals surface area contributed by atoms with Crippen molar-refractivity contribution < 1.29 is 0 Å². The molecular weight excluding hydrogens is 677 g/mol. The van der Waals surface area contributed by atoms with Gasteiger partial charge in [-0.2, -0.15) is 0 Å². The van der Waals surface area contributed by atoms with Gasteiger partial charge in [-0.15, -0.1) is 0 Å². The van der Waals surface area contributed by atoms with E-state index < -0.39 is 0 Å². The Morgan fingerprint density at radius 2 is 0.714 bits per heavy atom. The van der Waals surface area contributed by atoms with Crippen molar-refractivity contribution in [1.82, 2.24) is 9.13 Å². The minimum atomic E-state index is 1.17. The van der Waals surface area contributed by atoms with E-state index in [1.165, 1.54) is 110 Å². The number of nitrogens with zero attached hydrogens (tertiary/aromatic N) is 2. The maximum absolute atomic E-state index is 2.50. The minimum absolute atomic E-state index is 1.17. The number of fused-ring (bicyclic) bond motifs is 12. The topological polar surface area (TPSA) is 9.86 Å². The summed E-state index contributed by atoms with van der Waals surface area (Å²) in [4.78, 5) is 0. The Hall–Kier alpha value is -7.42. The van der Waals surface area contributed by atoms with Gasteiger partial charge in [-0.25, -0.2) is 0 Å². The van der Waals surface area contributed by atoms with Gasteiger partial charge in [0.15, 0.2) is 0 Å². The van der Waals surface area contributed by atoms with Crippen molar-refractivity contribution in [3.8, 4) is 33.6 Å². The lowest BCUT2D eigenvalue weighted by Crippen LogP contribution is -1.97. The molecule has 0 saturated heterocycles. The molecule has 0 aliphatic rings. The van der Waals surface area contributed by atoms with Gasteiger partial charge in [0.1, 0.15) is 0 Å². The Kier molecular flexibility index (Phi) is 6.66. The molecule has 0 N–H and O–H groups in total. The first-order chi connectivity index (χ1) is 27.8. The Bertz CT molecular complexity index is 3510. The van der Waals surface area contributed by atoms with Gasteiger partial charge in [0.25, 0.3) is 0 Å². The number of aromatic nitrogens is 2. The number of hydrogen-bond acceptors (Lipinski definition) is 0. The van der Waals surface area contributed by atoms with Gasteiger partial charge in [-0.3, -0.25) is 0 Å². The third kappa shape index (κ3) is 4.44. The maximum atomic E-state index is 2.50. The fourth-order valence-corrected chi connectivity index (χ4v) is 9.49. The van der Waals surface area contributed by atoms with Crippen LogP contribution < -0.4 is 0 Å². The van der Waals surface area contributed by atoms with Gasteiger partial charge in [-0.05, 0) is 98.4 Å². The zero-order valence-electron chi connectivity index (χ0n) is 30.5. The van der Waals surface area contributed by atoms with Crippen LogP contribution in [0.2, 0.25) is 0 Å². The van der Waals surface area contributed by atoms with Gasteiger partial charge in [0.2, 0.25) is 0 Å². The van der Waals surface area contributed by atoms with Gasteiger partial charge in [-0.1, -0.05) is 152 Å². The number of rotatable bonds is 4. The molecule has 0 saturated carbocycles. The second kappa shape index (κ2) is 12.0. The van der Waals surface area contributed by atoms with Crippen molar-refractivity contribution in [3.05, 3.63) is 206 Å². The standard InChI is InChI=1S/C54H34N2/c1-3-15-35(16-4-1)39-23-13-24-44-40-19-7-8-20-41(40)45-25-14-28-52(54(45)53(39)44)56-49-27-12-10-22-43(49)47-34-37(30-32-51(47)56)36-29-31-50-46(33-36)42-21-9-11-26-48(42)55(50)38-17-5-2-6-18-38/h1-34H. The van der Waals surface area contributed by atoms with Gasteiger partial charge in [0, 0.05) is 38.0 Å². The van der Waals surface area contributed by atoms with Crippen molar-refractivity contribution in [1.29, 1.82) is 0 Å². The molecule has 56 heavy (non-hydrogen) atoms. The molecule has 0 aliphatic carbocycles. The molecule has 0 fully saturated rings. The zero-order chi connectivity index (χ0) is 36.7. The summed E-state index contributed by atoms with van der Waals surface area (Å²) in [6.45, 7) is 0. The Morgan fingerprint density at radius 3 is 1.36 bits per heavy atom. The SMILES string of the molecule is c1ccc(-c2cccc3c4ccccc4c4cccc(-n5c6ccccc6c6cc(-c7ccc8c(c7)c7ccccc7n8-c7ccccc7)ccc65)c4c23)cc1. The van der Waals surface area contributed by atoms with Crippen molar-refractivity contribution >= 4 is 75.9 Å². The largest absolute Gasteiger partial charge is 0.309 e. The van der Waals surface area contributed by atoms with Crippen LogP contribution >= 0.6 is 0 Å². The molecular formula is C54H34N2. The van der Waals surface area contributed by atoms with Gasteiger partial charge in [0.05, 0.1) is 27.8 Å². The third-order valence-electron chi connectivity index (χ3n) is 11.9. The van der Waals surface area contributed by atoms with Gasteiger partial charge >= 0.3 is 0 Å².